The Balaban J connectivity index is 2.73. The monoisotopic (exact) mass is 254 g/mol. The zero-order chi connectivity index (χ0) is 13.5. The molecule has 2 atom stereocenters. The van der Waals surface area contributed by atoms with Crippen molar-refractivity contribution in [2.45, 2.75) is 25.0 Å². The minimum atomic E-state index is -1.21. The first-order valence-electron chi connectivity index (χ1n) is 5.71. The van der Waals surface area contributed by atoms with Gasteiger partial charge in [-0.3, -0.25) is 4.79 Å². The van der Waals surface area contributed by atoms with Crippen molar-refractivity contribution in [3.8, 4) is 0 Å². The number of benzene rings is 1. The molecule has 0 bridgehead atoms. The molecule has 0 heterocycles. The van der Waals surface area contributed by atoms with Crippen molar-refractivity contribution in [1.82, 2.24) is 0 Å². The summed E-state index contributed by atoms with van der Waals surface area (Å²) in [4.78, 5) is 11.0. The first kappa shape index (κ1) is 14.6. The number of carbonyl (C=O) groups is 1. The molecule has 2 unspecified atom stereocenters. The third-order valence-electron chi connectivity index (χ3n) is 2.66. The molecule has 1 rings (SSSR count). The van der Waals surface area contributed by atoms with Crippen molar-refractivity contribution in [2.75, 3.05) is 13.7 Å². The van der Waals surface area contributed by atoms with Crippen LogP contribution in [-0.2, 0) is 16.0 Å². The summed E-state index contributed by atoms with van der Waals surface area (Å²) in [6.07, 6.45) is -2.14. The quantitative estimate of drug-likeness (QED) is 0.630. The predicted molar refractivity (Wildman–Crippen MR) is 64.8 cm³/mol. The van der Waals surface area contributed by atoms with Gasteiger partial charge in [0.25, 0.3) is 0 Å². The van der Waals surface area contributed by atoms with Crippen LogP contribution in [0.5, 0.6) is 0 Å². The Bertz CT molecular complexity index is 391. The largest absolute Gasteiger partial charge is 0.469 e. The van der Waals surface area contributed by atoms with E-state index in [4.69, 9.17) is 5.11 Å². The van der Waals surface area contributed by atoms with E-state index in [2.05, 4.69) is 4.74 Å². The van der Waals surface area contributed by atoms with Crippen LogP contribution in [0.1, 0.15) is 23.7 Å². The maximum Gasteiger partial charge on any atom is 0.308 e. The first-order chi connectivity index (χ1) is 8.58. The molecule has 0 spiro atoms. The van der Waals surface area contributed by atoms with Crippen molar-refractivity contribution in [3.63, 3.8) is 0 Å². The molecule has 5 nitrogen and oxygen atoms in total. The summed E-state index contributed by atoms with van der Waals surface area (Å²) in [6.45, 7) is 0.0181. The van der Waals surface area contributed by atoms with Crippen molar-refractivity contribution in [2.24, 2.45) is 0 Å². The second-order valence-corrected chi connectivity index (χ2v) is 4.01. The molecular weight excluding hydrogens is 236 g/mol. The van der Waals surface area contributed by atoms with E-state index in [1.54, 1.807) is 18.2 Å². The fraction of sp³-hybridized carbons (Fsp3) is 0.462. The molecule has 0 aromatic heterocycles. The van der Waals surface area contributed by atoms with Gasteiger partial charge in [-0.15, -0.1) is 0 Å². The molecule has 0 amide bonds. The van der Waals surface area contributed by atoms with Gasteiger partial charge >= 0.3 is 5.97 Å². The highest BCUT2D eigenvalue weighted by atomic mass is 16.5. The van der Waals surface area contributed by atoms with Crippen LogP contribution >= 0.6 is 0 Å². The van der Waals surface area contributed by atoms with Crippen LogP contribution in [0.25, 0.3) is 0 Å². The Morgan fingerprint density at radius 2 is 2.11 bits per heavy atom. The van der Waals surface area contributed by atoms with Crippen molar-refractivity contribution in [3.05, 3.63) is 35.4 Å². The summed E-state index contributed by atoms with van der Waals surface area (Å²) in [6, 6.07) is 6.90. The maximum atomic E-state index is 11.0. The van der Waals surface area contributed by atoms with Gasteiger partial charge in [-0.05, 0) is 17.5 Å². The number of esters is 1. The highest BCUT2D eigenvalue weighted by Gasteiger charge is 2.21. The average molecular weight is 254 g/mol. The molecule has 0 aliphatic carbocycles. The predicted octanol–water partition coefficient (Wildman–Crippen LogP) is 0.179. The minimum absolute atomic E-state index is 0.0181. The summed E-state index contributed by atoms with van der Waals surface area (Å²) in [5, 5.41) is 28.4. The van der Waals surface area contributed by atoms with Gasteiger partial charge in [0.15, 0.2) is 0 Å². The number of hydrogen-bond donors (Lipinski definition) is 3. The van der Waals surface area contributed by atoms with Crippen LogP contribution in [-0.4, -0.2) is 41.1 Å². The van der Waals surface area contributed by atoms with Crippen molar-refractivity contribution in [1.29, 1.82) is 0 Å². The van der Waals surface area contributed by atoms with Crippen LogP contribution in [0.4, 0.5) is 0 Å². The molecule has 1 aromatic carbocycles. The number of aliphatic hydroxyl groups is 3. The van der Waals surface area contributed by atoms with E-state index in [0.717, 1.165) is 5.56 Å². The van der Waals surface area contributed by atoms with Crippen molar-refractivity contribution >= 4 is 5.97 Å². The lowest BCUT2D eigenvalue weighted by Crippen LogP contribution is -2.22. The molecule has 0 aliphatic heterocycles. The standard InChI is InChI=1S/C13H18O5/c1-18-12(16)8-11(15)13(17)10-4-2-3-9(7-10)5-6-14/h2-4,7,11,13-15,17H,5-6,8H2,1H3. The van der Waals surface area contributed by atoms with Crippen LogP contribution < -0.4 is 0 Å². The molecule has 100 valence electrons. The topological polar surface area (TPSA) is 87.0 Å². The number of hydrogen-bond acceptors (Lipinski definition) is 5. The van der Waals surface area contributed by atoms with Crippen LogP contribution in [0.3, 0.4) is 0 Å². The van der Waals surface area contributed by atoms with Gasteiger partial charge in [0.05, 0.1) is 19.6 Å². The third-order valence-corrected chi connectivity index (χ3v) is 2.66. The van der Waals surface area contributed by atoms with E-state index in [9.17, 15) is 15.0 Å². The molecule has 0 fully saturated rings. The molecule has 18 heavy (non-hydrogen) atoms. The van der Waals surface area contributed by atoms with Gasteiger partial charge in [-0.25, -0.2) is 0 Å². The lowest BCUT2D eigenvalue weighted by Gasteiger charge is -2.17. The summed E-state index contributed by atoms with van der Waals surface area (Å²) >= 11 is 0. The summed E-state index contributed by atoms with van der Waals surface area (Å²) in [5.74, 6) is -0.576. The fourth-order valence-electron chi connectivity index (χ4n) is 1.65. The van der Waals surface area contributed by atoms with E-state index in [1.165, 1.54) is 7.11 Å². The van der Waals surface area contributed by atoms with Crippen LogP contribution in [0.2, 0.25) is 0 Å². The molecule has 5 heteroatoms. The number of methoxy groups -OCH3 is 1. The Morgan fingerprint density at radius 1 is 1.39 bits per heavy atom. The second kappa shape index (κ2) is 7.10. The summed E-state index contributed by atoms with van der Waals surface area (Å²) in [7, 11) is 1.23. The molecule has 0 radical (unpaired) electrons. The van der Waals surface area contributed by atoms with Crippen molar-refractivity contribution < 1.29 is 24.9 Å². The van der Waals surface area contributed by atoms with E-state index >= 15 is 0 Å². The SMILES string of the molecule is COC(=O)CC(O)C(O)c1cccc(CCO)c1. The molecular formula is C13H18O5. The van der Waals surface area contributed by atoms with Gasteiger partial charge in [-0.2, -0.15) is 0 Å². The zero-order valence-corrected chi connectivity index (χ0v) is 10.2. The fourth-order valence-corrected chi connectivity index (χ4v) is 1.65. The van der Waals surface area contributed by atoms with E-state index < -0.39 is 18.2 Å². The van der Waals surface area contributed by atoms with Gasteiger partial charge in [0.2, 0.25) is 0 Å². The summed E-state index contributed by atoms with van der Waals surface area (Å²) in [5.41, 5.74) is 1.37. The Labute approximate surface area is 106 Å². The second-order valence-electron chi connectivity index (χ2n) is 4.01. The van der Waals surface area contributed by atoms with Gasteiger partial charge in [0.1, 0.15) is 6.10 Å². The third kappa shape index (κ3) is 4.10. The number of rotatable bonds is 6. The Morgan fingerprint density at radius 3 is 2.72 bits per heavy atom. The van der Waals surface area contributed by atoms with E-state index in [0.29, 0.717) is 12.0 Å². The normalized spacial score (nSPS) is 14.0. The van der Waals surface area contributed by atoms with E-state index in [1.807, 2.05) is 6.07 Å². The lowest BCUT2D eigenvalue weighted by molar-refractivity contribution is -0.144. The van der Waals surface area contributed by atoms with E-state index in [-0.39, 0.29) is 13.0 Å². The molecule has 0 saturated heterocycles. The summed E-state index contributed by atoms with van der Waals surface area (Å²) < 4.78 is 4.43. The minimum Gasteiger partial charge on any atom is -0.469 e. The molecule has 0 aliphatic rings. The molecule has 3 N–H and O–H groups in total. The van der Waals surface area contributed by atoms with Gasteiger partial charge < -0.3 is 20.1 Å². The Kier molecular flexibility index (Phi) is 5.77. The maximum absolute atomic E-state index is 11.0. The highest BCUT2D eigenvalue weighted by Crippen LogP contribution is 2.20. The Hall–Kier alpha value is -1.43. The van der Waals surface area contributed by atoms with Crippen LogP contribution in [0.15, 0.2) is 24.3 Å². The molecule has 1 aromatic rings. The lowest BCUT2D eigenvalue weighted by atomic mass is 9.99. The highest BCUT2D eigenvalue weighted by molar-refractivity contribution is 5.69. The van der Waals surface area contributed by atoms with Gasteiger partial charge in [-0.1, -0.05) is 24.3 Å². The number of ether oxygens (including phenoxy) is 1. The zero-order valence-electron chi connectivity index (χ0n) is 10.2. The van der Waals surface area contributed by atoms with Crippen LogP contribution in [0, 0.1) is 0 Å². The molecule has 0 saturated carbocycles. The smallest absolute Gasteiger partial charge is 0.308 e. The average Bonchev–Trinajstić information content (AvgIpc) is 2.38. The van der Waals surface area contributed by atoms with Gasteiger partial charge in [0, 0.05) is 6.61 Å². The first-order valence-corrected chi connectivity index (χ1v) is 5.71. The number of carbonyl (C=O) groups excluding carboxylic acids is 1. The number of aliphatic hydroxyl groups excluding tert-OH is 3.